The maximum absolute atomic E-state index is 12.8. The number of hydrogen-bond donors (Lipinski definition) is 2. The molecule has 0 atom stereocenters. The van der Waals surface area contributed by atoms with E-state index in [1.807, 2.05) is 19.1 Å². The molecule has 7 heteroatoms. The maximum Gasteiger partial charge on any atom is 0.276 e. The predicted molar refractivity (Wildman–Crippen MR) is 116 cm³/mol. The smallest absolute Gasteiger partial charge is 0.276 e. The van der Waals surface area contributed by atoms with E-state index in [0.717, 1.165) is 44.0 Å². The fourth-order valence-electron chi connectivity index (χ4n) is 3.78. The zero-order chi connectivity index (χ0) is 20.4. The van der Waals surface area contributed by atoms with Gasteiger partial charge in [-0.15, -0.1) is 0 Å². The normalized spacial score (nSPS) is 14.9. The van der Waals surface area contributed by atoms with Gasteiger partial charge >= 0.3 is 0 Å². The lowest BCUT2D eigenvalue weighted by molar-refractivity contribution is 0.102. The molecule has 1 aliphatic heterocycles. The third-order valence-electron chi connectivity index (χ3n) is 5.55. The number of amides is 1. The molecule has 1 amide bonds. The Labute approximate surface area is 169 Å². The highest BCUT2D eigenvalue weighted by atomic mass is 16.2. The number of H-pyrrole nitrogens is 1. The van der Waals surface area contributed by atoms with E-state index in [4.69, 9.17) is 0 Å². The molecule has 1 fully saturated rings. The molecule has 0 radical (unpaired) electrons. The number of anilines is 2. The molecule has 150 valence electrons. The van der Waals surface area contributed by atoms with Gasteiger partial charge in [-0.05, 0) is 43.3 Å². The van der Waals surface area contributed by atoms with Crippen LogP contribution in [-0.2, 0) is 0 Å². The summed E-state index contributed by atoms with van der Waals surface area (Å²) in [5.41, 5.74) is 2.80. The number of nitrogens with one attached hydrogen (secondary N) is 2. The van der Waals surface area contributed by atoms with Crippen molar-refractivity contribution in [3.63, 3.8) is 0 Å². The van der Waals surface area contributed by atoms with Crippen LogP contribution in [0.5, 0.6) is 0 Å². The first-order valence-electron chi connectivity index (χ1n) is 9.93. The molecule has 3 aromatic rings. The van der Waals surface area contributed by atoms with Crippen molar-refractivity contribution in [1.82, 2.24) is 15.1 Å². The molecular weight excluding hydrogens is 366 g/mol. The molecule has 29 heavy (non-hydrogen) atoms. The Morgan fingerprint density at radius 1 is 1.10 bits per heavy atom. The molecule has 4 rings (SSSR count). The van der Waals surface area contributed by atoms with Gasteiger partial charge in [-0.2, -0.15) is 5.10 Å². The van der Waals surface area contributed by atoms with Gasteiger partial charge in [-0.25, -0.2) is 5.10 Å². The highest BCUT2D eigenvalue weighted by Crippen LogP contribution is 2.24. The van der Waals surface area contributed by atoms with Gasteiger partial charge in [0.05, 0.1) is 5.39 Å². The molecule has 7 nitrogen and oxygen atoms in total. The van der Waals surface area contributed by atoms with Crippen LogP contribution in [0.15, 0.2) is 47.3 Å². The molecular formula is C22H25N5O2. The Bertz CT molecular complexity index is 1100. The molecule has 0 aliphatic carbocycles. The number of likely N-dealkylation sites (N-methyl/N-ethyl adjacent to an activating group) is 1. The first kappa shape index (κ1) is 19.1. The van der Waals surface area contributed by atoms with Crippen LogP contribution in [0.2, 0.25) is 0 Å². The lowest BCUT2D eigenvalue weighted by Gasteiger charge is -2.35. The quantitative estimate of drug-likeness (QED) is 0.715. The minimum absolute atomic E-state index is 0.208. The fourth-order valence-corrected chi connectivity index (χ4v) is 3.78. The number of benzene rings is 2. The Hall–Kier alpha value is -3.19. The largest absolute Gasteiger partial charge is 0.369 e. The lowest BCUT2D eigenvalue weighted by Crippen LogP contribution is -2.46. The van der Waals surface area contributed by atoms with Crippen molar-refractivity contribution in [3.8, 4) is 0 Å². The fraction of sp³-hybridized carbons (Fsp3) is 0.318. The number of carbonyl (C=O) groups excluding carboxylic acids is 1. The van der Waals surface area contributed by atoms with Crippen LogP contribution in [0.25, 0.3) is 10.8 Å². The van der Waals surface area contributed by atoms with Gasteiger partial charge in [-0.3, -0.25) is 9.59 Å². The second kappa shape index (κ2) is 8.05. The van der Waals surface area contributed by atoms with Crippen molar-refractivity contribution in [1.29, 1.82) is 0 Å². The lowest BCUT2D eigenvalue weighted by atomic mass is 10.1. The average Bonchev–Trinajstić information content (AvgIpc) is 2.75. The summed E-state index contributed by atoms with van der Waals surface area (Å²) < 4.78 is 0. The van der Waals surface area contributed by atoms with E-state index in [1.165, 1.54) is 5.69 Å². The van der Waals surface area contributed by atoms with Gasteiger partial charge in [0.25, 0.3) is 11.5 Å². The van der Waals surface area contributed by atoms with Gasteiger partial charge in [-0.1, -0.05) is 25.1 Å². The number of fused-ring (bicyclic) bond motifs is 1. The second-order valence-corrected chi connectivity index (χ2v) is 7.32. The molecule has 0 spiro atoms. The zero-order valence-electron chi connectivity index (χ0n) is 16.7. The van der Waals surface area contributed by atoms with Gasteiger partial charge in [0, 0.05) is 42.9 Å². The van der Waals surface area contributed by atoms with Crippen LogP contribution in [0.1, 0.15) is 23.0 Å². The van der Waals surface area contributed by atoms with Crippen LogP contribution in [-0.4, -0.2) is 53.7 Å². The third kappa shape index (κ3) is 3.86. The molecule has 2 heterocycles. The van der Waals surface area contributed by atoms with Crippen LogP contribution in [0.4, 0.5) is 11.4 Å². The highest BCUT2D eigenvalue weighted by Gasteiger charge is 2.18. The summed E-state index contributed by atoms with van der Waals surface area (Å²) in [6, 6.07) is 13.1. The Kier molecular flexibility index (Phi) is 5.31. The molecule has 2 N–H and O–H groups in total. The molecule has 2 aromatic carbocycles. The predicted octanol–water partition coefficient (Wildman–Crippen LogP) is 2.63. The van der Waals surface area contributed by atoms with Crippen molar-refractivity contribution in [2.45, 2.75) is 13.8 Å². The number of hydrogen-bond acceptors (Lipinski definition) is 5. The first-order valence-corrected chi connectivity index (χ1v) is 9.93. The minimum atomic E-state index is -0.343. The van der Waals surface area contributed by atoms with E-state index >= 15 is 0 Å². The van der Waals surface area contributed by atoms with Crippen molar-refractivity contribution in [2.75, 3.05) is 42.9 Å². The highest BCUT2D eigenvalue weighted by molar-refractivity contribution is 6.11. The molecule has 0 bridgehead atoms. The molecule has 1 aliphatic rings. The Balaban J connectivity index is 1.54. The monoisotopic (exact) mass is 391 g/mol. The molecule has 0 unspecified atom stereocenters. The topological polar surface area (TPSA) is 81.3 Å². The average molecular weight is 391 g/mol. The number of carbonyl (C=O) groups is 1. The van der Waals surface area contributed by atoms with Crippen molar-refractivity contribution in [3.05, 3.63) is 64.1 Å². The van der Waals surface area contributed by atoms with Gasteiger partial charge in [0.1, 0.15) is 0 Å². The SMILES string of the molecule is CCN1CCN(c2ccc(NC(=O)c3n[nH]c(=O)c4ccccc34)c(C)c2)CC1. The van der Waals surface area contributed by atoms with Crippen LogP contribution < -0.4 is 15.8 Å². The number of rotatable bonds is 4. The van der Waals surface area contributed by atoms with Gasteiger partial charge in [0.15, 0.2) is 5.69 Å². The molecule has 1 saturated heterocycles. The summed E-state index contributed by atoms with van der Waals surface area (Å²) in [6.07, 6.45) is 0. The second-order valence-electron chi connectivity index (χ2n) is 7.32. The van der Waals surface area contributed by atoms with E-state index in [-0.39, 0.29) is 17.2 Å². The van der Waals surface area contributed by atoms with E-state index in [1.54, 1.807) is 24.3 Å². The van der Waals surface area contributed by atoms with Crippen molar-refractivity contribution in [2.24, 2.45) is 0 Å². The van der Waals surface area contributed by atoms with Gasteiger partial charge in [0.2, 0.25) is 0 Å². The third-order valence-corrected chi connectivity index (χ3v) is 5.55. The summed E-state index contributed by atoms with van der Waals surface area (Å²) in [4.78, 5) is 29.6. The summed E-state index contributed by atoms with van der Waals surface area (Å²) in [5.74, 6) is -0.343. The van der Waals surface area contributed by atoms with Crippen LogP contribution in [0, 0.1) is 6.92 Å². The number of aromatic nitrogens is 2. The summed E-state index contributed by atoms with van der Waals surface area (Å²) in [7, 11) is 0. The maximum atomic E-state index is 12.8. The minimum Gasteiger partial charge on any atom is -0.369 e. The molecule has 0 saturated carbocycles. The Morgan fingerprint density at radius 3 is 2.52 bits per heavy atom. The Morgan fingerprint density at radius 2 is 1.83 bits per heavy atom. The van der Waals surface area contributed by atoms with E-state index in [0.29, 0.717) is 10.8 Å². The summed E-state index contributed by atoms with van der Waals surface area (Å²) in [6.45, 7) is 9.42. The number of piperazine rings is 1. The van der Waals surface area contributed by atoms with E-state index in [9.17, 15) is 9.59 Å². The standard InChI is InChI=1S/C22H25N5O2/c1-3-26-10-12-27(13-11-26)16-8-9-19(15(2)14-16)23-22(29)20-17-6-4-5-7-18(17)21(28)25-24-20/h4-9,14H,3,10-13H2,1-2H3,(H,23,29)(H,25,28). The molecule has 1 aromatic heterocycles. The summed E-state index contributed by atoms with van der Waals surface area (Å²) in [5, 5.41) is 10.3. The number of aromatic amines is 1. The number of nitrogens with zero attached hydrogens (tertiary/aromatic N) is 3. The number of aryl methyl sites for hydroxylation is 1. The van der Waals surface area contributed by atoms with Gasteiger partial charge < -0.3 is 15.1 Å². The van der Waals surface area contributed by atoms with Crippen molar-refractivity contribution >= 4 is 28.1 Å². The zero-order valence-corrected chi connectivity index (χ0v) is 16.7. The van der Waals surface area contributed by atoms with Crippen molar-refractivity contribution < 1.29 is 4.79 Å². The summed E-state index contributed by atoms with van der Waals surface area (Å²) >= 11 is 0. The first-order chi connectivity index (χ1) is 14.1. The van der Waals surface area contributed by atoms with E-state index < -0.39 is 0 Å². The van der Waals surface area contributed by atoms with E-state index in [2.05, 4.69) is 38.3 Å². The van der Waals surface area contributed by atoms with Crippen LogP contribution in [0.3, 0.4) is 0 Å². The van der Waals surface area contributed by atoms with Crippen LogP contribution >= 0.6 is 0 Å².